The molecule has 1 heterocycles. The molecule has 0 radical (unpaired) electrons. The molecule has 3 heteroatoms. The highest BCUT2D eigenvalue weighted by Gasteiger charge is 2.11. The lowest BCUT2D eigenvalue weighted by Gasteiger charge is -2.09. The van der Waals surface area contributed by atoms with E-state index in [4.69, 9.17) is 0 Å². The Balaban J connectivity index is 2.50. The molecule has 0 bridgehead atoms. The number of aromatic nitrogens is 1. The van der Waals surface area contributed by atoms with Crippen molar-refractivity contribution >= 4 is 6.29 Å². The topological polar surface area (TPSA) is 30.0 Å². The van der Waals surface area contributed by atoms with Gasteiger partial charge in [0, 0.05) is 0 Å². The second-order valence-corrected chi connectivity index (χ2v) is 3.98. The van der Waals surface area contributed by atoms with Crippen LogP contribution >= 0.6 is 0 Å². The first-order chi connectivity index (χ1) is 7.77. The van der Waals surface area contributed by atoms with Crippen molar-refractivity contribution in [2.45, 2.75) is 44.9 Å². The molecule has 1 aromatic rings. The Labute approximate surface area is 95.9 Å². The van der Waals surface area contributed by atoms with Gasteiger partial charge in [0.2, 0.25) is 5.95 Å². The summed E-state index contributed by atoms with van der Waals surface area (Å²) in [5, 5.41) is 0. The minimum absolute atomic E-state index is 0.257. The number of halogens is 1. The maximum atomic E-state index is 12.9. The average molecular weight is 223 g/mol. The molecule has 0 saturated heterocycles. The van der Waals surface area contributed by atoms with Crippen LogP contribution in [0, 0.1) is 5.95 Å². The average Bonchev–Trinajstić information content (AvgIpc) is 2.29. The van der Waals surface area contributed by atoms with E-state index in [1.807, 2.05) is 0 Å². The zero-order valence-electron chi connectivity index (χ0n) is 9.66. The number of hydrogen-bond donors (Lipinski definition) is 0. The van der Waals surface area contributed by atoms with Crippen LogP contribution in [0.5, 0.6) is 0 Å². The molecule has 0 aliphatic rings. The molecular formula is C13H18FNO. The van der Waals surface area contributed by atoms with E-state index < -0.39 is 5.95 Å². The fourth-order valence-corrected chi connectivity index (χ4v) is 1.71. The van der Waals surface area contributed by atoms with Gasteiger partial charge in [-0.1, -0.05) is 38.7 Å². The van der Waals surface area contributed by atoms with E-state index in [1.54, 1.807) is 12.1 Å². The summed E-state index contributed by atoms with van der Waals surface area (Å²) in [6, 6.07) is 4.60. The molecular weight excluding hydrogens is 205 g/mol. The molecule has 0 amide bonds. The van der Waals surface area contributed by atoms with Crippen molar-refractivity contribution in [1.82, 2.24) is 4.98 Å². The predicted octanol–water partition coefficient (Wildman–Crippen LogP) is 3.47. The number of hydrogen-bond acceptors (Lipinski definition) is 2. The van der Waals surface area contributed by atoms with Crippen LogP contribution in [0.2, 0.25) is 0 Å². The number of carbonyl (C=O) groups is 1. The van der Waals surface area contributed by atoms with Crippen molar-refractivity contribution in [2.75, 3.05) is 0 Å². The molecule has 16 heavy (non-hydrogen) atoms. The molecule has 0 aliphatic carbocycles. The van der Waals surface area contributed by atoms with Crippen LogP contribution in [-0.4, -0.2) is 11.3 Å². The molecule has 0 aromatic carbocycles. The Morgan fingerprint density at radius 1 is 1.38 bits per heavy atom. The van der Waals surface area contributed by atoms with Crippen LogP contribution in [0.1, 0.15) is 50.6 Å². The third-order valence-electron chi connectivity index (χ3n) is 2.65. The molecule has 0 saturated carbocycles. The van der Waals surface area contributed by atoms with Gasteiger partial charge in [-0.25, -0.2) is 4.98 Å². The lowest BCUT2D eigenvalue weighted by molar-refractivity contribution is -0.109. The monoisotopic (exact) mass is 223 g/mol. The smallest absolute Gasteiger partial charge is 0.213 e. The van der Waals surface area contributed by atoms with Crippen molar-refractivity contribution in [3.05, 3.63) is 29.8 Å². The third kappa shape index (κ3) is 4.09. The highest BCUT2D eigenvalue weighted by Crippen LogP contribution is 2.19. The van der Waals surface area contributed by atoms with Crippen LogP contribution < -0.4 is 0 Å². The summed E-state index contributed by atoms with van der Waals surface area (Å²) in [6.07, 6.45) is 6.10. The molecule has 0 N–H and O–H groups in total. The maximum absolute atomic E-state index is 12.9. The van der Waals surface area contributed by atoms with E-state index in [9.17, 15) is 9.18 Å². The predicted molar refractivity (Wildman–Crippen MR) is 61.8 cm³/mol. The number of carbonyl (C=O) groups excluding carboxylic acids is 1. The van der Waals surface area contributed by atoms with Crippen LogP contribution in [0.15, 0.2) is 18.2 Å². The number of pyridine rings is 1. The van der Waals surface area contributed by atoms with Gasteiger partial charge in [0.05, 0.1) is 11.6 Å². The molecule has 0 unspecified atom stereocenters. The summed E-state index contributed by atoms with van der Waals surface area (Å²) in [4.78, 5) is 14.7. The minimum atomic E-state index is -0.516. The summed E-state index contributed by atoms with van der Waals surface area (Å²) >= 11 is 0. The van der Waals surface area contributed by atoms with E-state index in [0.29, 0.717) is 5.69 Å². The Kier molecular flexibility index (Phi) is 5.68. The Hall–Kier alpha value is -1.25. The molecule has 1 rings (SSSR count). The van der Waals surface area contributed by atoms with E-state index in [0.717, 1.165) is 25.5 Å². The highest BCUT2D eigenvalue weighted by atomic mass is 19.1. The normalized spacial score (nSPS) is 12.4. The second kappa shape index (κ2) is 7.09. The van der Waals surface area contributed by atoms with Crippen molar-refractivity contribution < 1.29 is 9.18 Å². The first kappa shape index (κ1) is 12.8. The summed E-state index contributed by atoms with van der Waals surface area (Å²) in [6.45, 7) is 2.14. The zero-order chi connectivity index (χ0) is 11.8. The molecule has 1 atom stereocenters. The van der Waals surface area contributed by atoms with Crippen LogP contribution in [0.4, 0.5) is 4.39 Å². The molecule has 0 spiro atoms. The largest absolute Gasteiger partial charge is 0.303 e. The first-order valence-electron chi connectivity index (χ1n) is 5.85. The molecule has 1 aromatic heterocycles. The quantitative estimate of drug-likeness (QED) is 0.402. The van der Waals surface area contributed by atoms with Crippen molar-refractivity contribution in [1.29, 1.82) is 0 Å². The molecule has 0 aliphatic heterocycles. The third-order valence-corrected chi connectivity index (χ3v) is 2.65. The van der Waals surface area contributed by atoms with Crippen molar-refractivity contribution in [3.63, 3.8) is 0 Å². The van der Waals surface area contributed by atoms with E-state index >= 15 is 0 Å². The van der Waals surface area contributed by atoms with Gasteiger partial charge in [-0.15, -0.1) is 0 Å². The molecule has 2 nitrogen and oxygen atoms in total. The van der Waals surface area contributed by atoms with Gasteiger partial charge in [0.25, 0.3) is 0 Å². The summed E-state index contributed by atoms with van der Waals surface area (Å²) in [5.74, 6) is -0.773. The zero-order valence-corrected chi connectivity index (χ0v) is 9.66. The fourth-order valence-electron chi connectivity index (χ4n) is 1.71. The lowest BCUT2D eigenvalue weighted by atomic mass is 9.98. The first-order valence-corrected chi connectivity index (χ1v) is 5.85. The number of unbranched alkanes of at least 4 members (excludes halogenated alkanes) is 3. The van der Waals surface area contributed by atoms with Crippen LogP contribution in [-0.2, 0) is 4.79 Å². The van der Waals surface area contributed by atoms with Crippen molar-refractivity contribution in [2.24, 2.45) is 0 Å². The number of rotatable bonds is 7. The number of nitrogens with zero attached hydrogens (tertiary/aromatic N) is 1. The molecule has 0 fully saturated rings. The van der Waals surface area contributed by atoms with E-state index in [2.05, 4.69) is 11.9 Å². The van der Waals surface area contributed by atoms with Gasteiger partial charge in [-0.3, -0.25) is 0 Å². The second-order valence-electron chi connectivity index (χ2n) is 3.98. The minimum Gasteiger partial charge on any atom is -0.303 e. The van der Waals surface area contributed by atoms with Gasteiger partial charge in [0.15, 0.2) is 0 Å². The van der Waals surface area contributed by atoms with E-state index in [-0.39, 0.29) is 5.92 Å². The lowest BCUT2D eigenvalue weighted by Crippen LogP contribution is -2.04. The molecule has 88 valence electrons. The van der Waals surface area contributed by atoms with Crippen molar-refractivity contribution in [3.8, 4) is 0 Å². The SMILES string of the molecule is CCCCCC[C@H](C=O)c1cccc(F)n1. The highest BCUT2D eigenvalue weighted by molar-refractivity contribution is 5.60. The van der Waals surface area contributed by atoms with E-state index in [1.165, 1.54) is 18.9 Å². The summed E-state index contributed by atoms with van der Waals surface area (Å²) in [7, 11) is 0. The standard InChI is InChI=1S/C13H18FNO/c1-2-3-4-5-7-11(10-16)12-8-6-9-13(14)15-12/h6,8-11H,2-5,7H2,1H3/t11-/m1/s1. The fraction of sp³-hybridized carbons (Fsp3) is 0.538. The Bertz CT molecular complexity index is 327. The van der Waals surface area contributed by atoms with Gasteiger partial charge in [0.1, 0.15) is 6.29 Å². The summed E-state index contributed by atoms with van der Waals surface area (Å²) < 4.78 is 12.9. The number of aldehydes is 1. The van der Waals surface area contributed by atoms with Gasteiger partial charge in [-0.2, -0.15) is 4.39 Å². The van der Waals surface area contributed by atoms with Gasteiger partial charge < -0.3 is 4.79 Å². The van der Waals surface area contributed by atoms with Crippen LogP contribution in [0.3, 0.4) is 0 Å². The Morgan fingerprint density at radius 3 is 2.81 bits per heavy atom. The van der Waals surface area contributed by atoms with Gasteiger partial charge in [-0.05, 0) is 18.6 Å². The summed E-state index contributed by atoms with van der Waals surface area (Å²) in [5.41, 5.74) is 0.548. The maximum Gasteiger partial charge on any atom is 0.213 e. The van der Waals surface area contributed by atoms with Gasteiger partial charge >= 0.3 is 0 Å². The van der Waals surface area contributed by atoms with Crippen LogP contribution in [0.25, 0.3) is 0 Å². The Morgan fingerprint density at radius 2 is 2.19 bits per heavy atom.